The van der Waals surface area contributed by atoms with Crippen molar-refractivity contribution in [1.29, 1.82) is 0 Å². The lowest BCUT2D eigenvalue weighted by atomic mass is 9.85. The van der Waals surface area contributed by atoms with Crippen LogP contribution in [0.15, 0.2) is 24.3 Å². The Balaban J connectivity index is 1.78. The van der Waals surface area contributed by atoms with E-state index in [4.69, 9.17) is 4.74 Å². The van der Waals surface area contributed by atoms with Crippen molar-refractivity contribution in [3.8, 4) is 5.75 Å². The molecule has 1 aromatic carbocycles. The zero-order valence-corrected chi connectivity index (χ0v) is 10.6. The Morgan fingerprint density at radius 3 is 2.47 bits per heavy atom. The fourth-order valence-electron chi connectivity index (χ4n) is 2.47. The summed E-state index contributed by atoms with van der Waals surface area (Å²) in [5.41, 5.74) is 1.23. The molecule has 94 valence electrons. The van der Waals surface area contributed by atoms with Crippen LogP contribution in [0.4, 0.5) is 0 Å². The minimum atomic E-state index is -0.309. The lowest BCUT2D eigenvalue weighted by Crippen LogP contribution is -2.28. The average Bonchev–Trinajstić information content (AvgIpc) is 2.39. The number of ether oxygens (including phenoxy) is 1. The van der Waals surface area contributed by atoms with Gasteiger partial charge < -0.3 is 9.84 Å². The second-order valence-electron chi connectivity index (χ2n) is 5.09. The third-order valence-electron chi connectivity index (χ3n) is 3.64. The van der Waals surface area contributed by atoms with Crippen molar-refractivity contribution in [3.05, 3.63) is 29.8 Å². The Bertz CT molecular complexity index is 325. The van der Waals surface area contributed by atoms with Crippen molar-refractivity contribution in [2.45, 2.75) is 45.1 Å². The van der Waals surface area contributed by atoms with Crippen molar-refractivity contribution >= 4 is 0 Å². The summed E-state index contributed by atoms with van der Waals surface area (Å²) in [6.45, 7) is 2.48. The van der Waals surface area contributed by atoms with E-state index in [1.54, 1.807) is 0 Å². The Morgan fingerprint density at radius 2 is 1.82 bits per heavy atom. The molecule has 0 amide bonds. The molecule has 1 aromatic rings. The Labute approximate surface area is 104 Å². The van der Waals surface area contributed by atoms with Crippen LogP contribution < -0.4 is 4.74 Å². The van der Waals surface area contributed by atoms with Crippen LogP contribution in [0.5, 0.6) is 5.75 Å². The first-order valence-electron chi connectivity index (χ1n) is 6.63. The van der Waals surface area contributed by atoms with E-state index in [0.717, 1.165) is 18.6 Å². The second-order valence-corrected chi connectivity index (χ2v) is 5.09. The van der Waals surface area contributed by atoms with Crippen molar-refractivity contribution in [1.82, 2.24) is 0 Å². The topological polar surface area (TPSA) is 29.5 Å². The molecule has 1 atom stereocenters. The summed E-state index contributed by atoms with van der Waals surface area (Å²) in [4.78, 5) is 0. The Morgan fingerprint density at radius 1 is 1.18 bits per heavy atom. The molecular weight excluding hydrogens is 212 g/mol. The van der Waals surface area contributed by atoms with Crippen LogP contribution in [0.3, 0.4) is 0 Å². The molecule has 0 radical (unpaired) electrons. The first kappa shape index (κ1) is 12.4. The van der Waals surface area contributed by atoms with Crippen molar-refractivity contribution in [3.63, 3.8) is 0 Å². The molecule has 0 saturated heterocycles. The standard InChI is InChI=1S/C15H22O2/c1-12-7-9-14(10-8-12)17-11-15(16)13-5-3-2-4-6-13/h7-10,13,15-16H,2-6,11H2,1H3. The third-order valence-corrected chi connectivity index (χ3v) is 3.64. The van der Waals surface area contributed by atoms with Gasteiger partial charge in [0.1, 0.15) is 12.4 Å². The van der Waals surface area contributed by atoms with Gasteiger partial charge in [0.25, 0.3) is 0 Å². The molecule has 1 unspecified atom stereocenters. The number of hydrogen-bond acceptors (Lipinski definition) is 2. The van der Waals surface area contributed by atoms with E-state index in [0.29, 0.717) is 12.5 Å². The van der Waals surface area contributed by atoms with Crippen LogP contribution in [-0.2, 0) is 0 Å². The maximum atomic E-state index is 10.1. The van der Waals surface area contributed by atoms with Gasteiger partial charge in [0.15, 0.2) is 0 Å². The summed E-state index contributed by atoms with van der Waals surface area (Å²) in [5, 5.41) is 10.1. The van der Waals surface area contributed by atoms with Gasteiger partial charge >= 0.3 is 0 Å². The van der Waals surface area contributed by atoms with E-state index < -0.39 is 0 Å². The number of aryl methyl sites for hydroxylation is 1. The molecule has 2 rings (SSSR count). The highest BCUT2D eigenvalue weighted by molar-refractivity contribution is 5.26. The van der Waals surface area contributed by atoms with Gasteiger partial charge in [-0.3, -0.25) is 0 Å². The minimum absolute atomic E-state index is 0.309. The van der Waals surface area contributed by atoms with E-state index in [1.165, 1.54) is 24.8 Å². The summed E-state index contributed by atoms with van der Waals surface area (Å²) in [5.74, 6) is 1.29. The van der Waals surface area contributed by atoms with Crippen LogP contribution in [-0.4, -0.2) is 17.8 Å². The summed E-state index contributed by atoms with van der Waals surface area (Å²) < 4.78 is 5.63. The first-order valence-corrected chi connectivity index (χ1v) is 6.63. The first-order chi connectivity index (χ1) is 8.25. The molecule has 1 saturated carbocycles. The number of aliphatic hydroxyl groups is 1. The summed E-state index contributed by atoms with van der Waals surface area (Å²) in [6, 6.07) is 7.98. The number of rotatable bonds is 4. The van der Waals surface area contributed by atoms with E-state index in [1.807, 2.05) is 24.3 Å². The molecule has 1 fully saturated rings. The quantitative estimate of drug-likeness (QED) is 0.866. The fourth-order valence-corrected chi connectivity index (χ4v) is 2.47. The zero-order valence-electron chi connectivity index (χ0n) is 10.6. The molecule has 0 aliphatic heterocycles. The van der Waals surface area contributed by atoms with Gasteiger partial charge in [0.05, 0.1) is 6.10 Å². The highest BCUT2D eigenvalue weighted by atomic mass is 16.5. The molecule has 0 aromatic heterocycles. The summed E-state index contributed by atoms with van der Waals surface area (Å²) in [7, 11) is 0. The highest BCUT2D eigenvalue weighted by Gasteiger charge is 2.21. The fraction of sp³-hybridized carbons (Fsp3) is 0.600. The number of aliphatic hydroxyl groups excluding tert-OH is 1. The van der Waals surface area contributed by atoms with E-state index in [-0.39, 0.29) is 6.10 Å². The van der Waals surface area contributed by atoms with Gasteiger partial charge in [0, 0.05) is 0 Å². The van der Waals surface area contributed by atoms with Crippen LogP contribution in [0, 0.1) is 12.8 Å². The lowest BCUT2D eigenvalue weighted by molar-refractivity contribution is 0.0413. The maximum Gasteiger partial charge on any atom is 0.119 e. The minimum Gasteiger partial charge on any atom is -0.491 e. The van der Waals surface area contributed by atoms with Crippen molar-refractivity contribution in [2.75, 3.05) is 6.61 Å². The van der Waals surface area contributed by atoms with Gasteiger partial charge in [-0.2, -0.15) is 0 Å². The molecular formula is C15H22O2. The molecule has 2 nitrogen and oxygen atoms in total. The summed E-state index contributed by atoms with van der Waals surface area (Å²) >= 11 is 0. The van der Waals surface area contributed by atoms with Crippen LogP contribution in [0.2, 0.25) is 0 Å². The van der Waals surface area contributed by atoms with Crippen molar-refractivity contribution < 1.29 is 9.84 Å². The Hall–Kier alpha value is -1.02. The maximum absolute atomic E-state index is 10.1. The normalized spacial score (nSPS) is 18.9. The molecule has 0 spiro atoms. The van der Waals surface area contributed by atoms with Crippen LogP contribution in [0.25, 0.3) is 0 Å². The van der Waals surface area contributed by atoms with E-state index >= 15 is 0 Å². The number of hydrogen-bond donors (Lipinski definition) is 1. The van der Waals surface area contributed by atoms with Gasteiger partial charge in [-0.15, -0.1) is 0 Å². The van der Waals surface area contributed by atoms with Crippen LogP contribution >= 0.6 is 0 Å². The lowest BCUT2D eigenvalue weighted by Gasteiger charge is -2.26. The smallest absolute Gasteiger partial charge is 0.119 e. The zero-order chi connectivity index (χ0) is 12.1. The molecule has 2 heteroatoms. The Kier molecular flexibility index (Phi) is 4.43. The predicted octanol–water partition coefficient (Wildman–Crippen LogP) is 3.32. The number of benzene rings is 1. The molecule has 1 aliphatic carbocycles. The molecule has 0 heterocycles. The molecule has 1 aliphatic rings. The van der Waals surface area contributed by atoms with Crippen molar-refractivity contribution in [2.24, 2.45) is 5.92 Å². The molecule has 0 bridgehead atoms. The van der Waals surface area contributed by atoms with E-state index in [2.05, 4.69) is 6.92 Å². The summed E-state index contributed by atoms with van der Waals surface area (Å²) in [6.07, 6.45) is 5.83. The second kappa shape index (κ2) is 6.06. The third kappa shape index (κ3) is 3.74. The monoisotopic (exact) mass is 234 g/mol. The SMILES string of the molecule is Cc1ccc(OCC(O)C2CCCCC2)cc1. The van der Waals surface area contributed by atoms with Crippen LogP contribution in [0.1, 0.15) is 37.7 Å². The highest BCUT2D eigenvalue weighted by Crippen LogP contribution is 2.26. The van der Waals surface area contributed by atoms with Gasteiger partial charge in [0.2, 0.25) is 0 Å². The molecule has 1 N–H and O–H groups in total. The average molecular weight is 234 g/mol. The molecule has 17 heavy (non-hydrogen) atoms. The van der Waals surface area contributed by atoms with Gasteiger partial charge in [-0.05, 0) is 37.8 Å². The largest absolute Gasteiger partial charge is 0.491 e. The van der Waals surface area contributed by atoms with E-state index in [9.17, 15) is 5.11 Å². The van der Waals surface area contributed by atoms with Gasteiger partial charge in [-0.25, -0.2) is 0 Å². The predicted molar refractivity (Wildman–Crippen MR) is 69.3 cm³/mol. The van der Waals surface area contributed by atoms with Gasteiger partial charge in [-0.1, -0.05) is 37.0 Å².